The molecule has 1 heterocycles. The van der Waals surface area contributed by atoms with Gasteiger partial charge in [-0.15, -0.1) is 0 Å². The van der Waals surface area contributed by atoms with Crippen molar-refractivity contribution < 1.29 is 23.8 Å². The number of esters is 1. The van der Waals surface area contributed by atoms with Crippen LogP contribution < -0.4 is 9.47 Å². The maximum Gasteiger partial charge on any atom is 0.331 e. The summed E-state index contributed by atoms with van der Waals surface area (Å²) in [6, 6.07) is 19.5. The Hall–Kier alpha value is -4.07. The highest BCUT2D eigenvalue weighted by Crippen LogP contribution is 2.34. The number of benzene rings is 3. The van der Waals surface area contributed by atoms with Crippen LogP contribution in [0.15, 0.2) is 79.0 Å². The number of ether oxygens (including phenoxy) is 3. The third kappa shape index (κ3) is 6.20. The number of Topliss-reactive ketones (excluding diaryl/α,β-unsaturated/α-hetero) is 1. The zero-order valence-corrected chi connectivity index (χ0v) is 21.5. The second kappa shape index (κ2) is 11.8. The molecule has 4 rings (SSSR count). The van der Waals surface area contributed by atoms with Crippen LogP contribution >= 0.6 is 23.2 Å². The fraction of sp³-hybridized carbons (Fsp3) is 0.107. The highest BCUT2D eigenvalue weighted by molar-refractivity contribution is 6.42. The van der Waals surface area contributed by atoms with Crippen LogP contribution in [0.5, 0.6) is 11.5 Å². The molecule has 0 aliphatic heterocycles. The quantitative estimate of drug-likeness (QED) is 0.142. The molecule has 0 spiro atoms. The number of aromatic nitrogens is 2. The van der Waals surface area contributed by atoms with Gasteiger partial charge in [0.05, 0.1) is 30.0 Å². The molecule has 3 aromatic carbocycles. The SMILES string of the molecule is COc1ccc(-c2nn(-c3ccccc3)cc2/C=C/C(=O)OCC(=O)c2ccc(Cl)c(Cl)c2)cc1OC. The molecule has 1 aromatic heterocycles. The molecule has 0 saturated carbocycles. The molecule has 0 bridgehead atoms. The van der Waals surface area contributed by atoms with E-state index < -0.39 is 18.4 Å². The minimum Gasteiger partial charge on any atom is -0.493 e. The molecule has 0 aliphatic rings. The Labute approximate surface area is 223 Å². The van der Waals surface area contributed by atoms with Gasteiger partial charge >= 0.3 is 5.97 Å². The second-order valence-corrected chi connectivity index (χ2v) is 8.59. The van der Waals surface area contributed by atoms with Crippen molar-refractivity contribution in [3.05, 3.63) is 100 Å². The summed E-state index contributed by atoms with van der Waals surface area (Å²) in [5.74, 6) is 0.0489. The van der Waals surface area contributed by atoms with Crippen LogP contribution in [0.2, 0.25) is 10.0 Å². The van der Waals surface area contributed by atoms with E-state index in [1.54, 1.807) is 37.2 Å². The number of para-hydroxylation sites is 1. The Morgan fingerprint density at radius 2 is 1.68 bits per heavy atom. The maximum atomic E-state index is 12.4. The monoisotopic (exact) mass is 536 g/mol. The normalized spacial score (nSPS) is 10.9. The zero-order valence-electron chi connectivity index (χ0n) is 20.0. The standard InChI is InChI=1S/C28H22Cl2N2O5/c1-35-25-12-9-19(15-26(25)36-2)28-20(16-32(31-28)21-6-4-3-5-7-21)10-13-27(34)37-17-24(33)18-8-11-22(29)23(30)14-18/h3-16H,17H2,1-2H3/b13-10+. The van der Waals surface area contributed by atoms with Gasteiger partial charge in [0.25, 0.3) is 0 Å². The number of hydrogen-bond acceptors (Lipinski definition) is 6. The van der Waals surface area contributed by atoms with Crippen molar-refractivity contribution in [1.82, 2.24) is 9.78 Å². The molecule has 9 heteroatoms. The first-order valence-corrected chi connectivity index (χ1v) is 11.9. The Bertz CT molecular complexity index is 1460. The van der Waals surface area contributed by atoms with Gasteiger partial charge in [0.2, 0.25) is 0 Å². The van der Waals surface area contributed by atoms with Crippen LogP contribution in [0.1, 0.15) is 15.9 Å². The topological polar surface area (TPSA) is 79.7 Å². The van der Waals surface area contributed by atoms with Crippen LogP contribution in [0.25, 0.3) is 23.0 Å². The van der Waals surface area contributed by atoms with E-state index in [0.29, 0.717) is 33.3 Å². The number of halogens is 2. The number of methoxy groups -OCH3 is 2. The van der Waals surface area contributed by atoms with Gasteiger partial charge < -0.3 is 14.2 Å². The van der Waals surface area contributed by atoms with Crippen LogP contribution in [0.4, 0.5) is 0 Å². The average Bonchev–Trinajstić information content (AvgIpc) is 3.36. The van der Waals surface area contributed by atoms with Gasteiger partial charge in [-0.2, -0.15) is 5.10 Å². The van der Waals surface area contributed by atoms with Gasteiger partial charge in [-0.1, -0.05) is 41.4 Å². The number of hydrogen-bond donors (Lipinski definition) is 0. The third-order valence-corrected chi connectivity index (χ3v) is 6.15. The summed E-state index contributed by atoms with van der Waals surface area (Å²) in [4.78, 5) is 24.8. The Kier molecular flexibility index (Phi) is 8.28. The minimum atomic E-state index is -0.681. The largest absolute Gasteiger partial charge is 0.493 e. The predicted molar refractivity (Wildman–Crippen MR) is 143 cm³/mol. The van der Waals surface area contributed by atoms with E-state index in [9.17, 15) is 9.59 Å². The number of carbonyl (C=O) groups is 2. The summed E-state index contributed by atoms with van der Waals surface area (Å²) in [5, 5.41) is 5.31. The van der Waals surface area contributed by atoms with Crippen molar-refractivity contribution in [3.63, 3.8) is 0 Å². The molecule has 37 heavy (non-hydrogen) atoms. The first kappa shape index (κ1) is 26.0. The van der Waals surface area contributed by atoms with E-state index >= 15 is 0 Å². The van der Waals surface area contributed by atoms with Crippen LogP contribution in [0.3, 0.4) is 0 Å². The molecule has 0 amide bonds. The lowest BCUT2D eigenvalue weighted by Gasteiger charge is -2.09. The van der Waals surface area contributed by atoms with Gasteiger partial charge in [0, 0.05) is 29.0 Å². The summed E-state index contributed by atoms with van der Waals surface area (Å²) in [6.45, 7) is -0.438. The second-order valence-electron chi connectivity index (χ2n) is 7.78. The van der Waals surface area contributed by atoms with Crippen LogP contribution in [0, 0.1) is 0 Å². The lowest BCUT2D eigenvalue weighted by atomic mass is 10.1. The molecule has 4 aromatic rings. The Balaban J connectivity index is 1.57. The van der Waals surface area contributed by atoms with E-state index in [-0.39, 0.29) is 5.02 Å². The van der Waals surface area contributed by atoms with Crippen molar-refractivity contribution >= 4 is 41.0 Å². The fourth-order valence-electron chi connectivity index (χ4n) is 3.53. The molecule has 0 unspecified atom stereocenters. The van der Waals surface area contributed by atoms with Gasteiger partial charge in [0.1, 0.15) is 5.69 Å². The van der Waals surface area contributed by atoms with Gasteiger partial charge in [-0.05, 0) is 54.6 Å². The van der Waals surface area contributed by atoms with Crippen LogP contribution in [-0.2, 0) is 9.53 Å². The molecular weight excluding hydrogens is 515 g/mol. The highest BCUT2D eigenvalue weighted by atomic mass is 35.5. The summed E-state index contributed by atoms with van der Waals surface area (Å²) < 4.78 is 17.6. The molecule has 7 nitrogen and oxygen atoms in total. The molecule has 0 atom stereocenters. The first-order valence-electron chi connectivity index (χ1n) is 11.1. The van der Waals surface area contributed by atoms with E-state index in [1.165, 1.54) is 24.3 Å². The lowest BCUT2D eigenvalue weighted by Crippen LogP contribution is -2.12. The van der Waals surface area contributed by atoms with E-state index in [4.69, 9.17) is 42.5 Å². The summed E-state index contributed by atoms with van der Waals surface area (Å²) in [6.07, 6.45) is 4.63. The van der Waals surface area contributed by atoms with Crippen molar-refractivity contribution in [3.8, 4) is 28.4 Å². The zero-order chi connectivity index (χ0) is 26.4. The predicted octanol–water partition coefficient (Wildman–Crippen LogP) is 6.30. The van der Waals surface area contributed by atoms with Crippen molar-refractivity contribution in [2.45, 2.75) is 0 Å². The highest BCUT2D eigenvalue weighted by Gasteiger charge is 2.15. The molecule has 188 valence electrons. The van der Waals surface area contributed by atoms with Gasteiger partial charge in [0.15, 0.2) is 23.9 Å². The van der Waals surface area contributed by atoms with Crippen molar-refractivity contribution in [2.24, 2.45) is 0 Å². The molecule has 0 aliphatic carbocycles. The smallest absolute Gasteiger partial charge is 0.331 e. The Morgan fingerprint density at radius 3 is 2.38 bits per heavy atom. The first-order chi connectivity index (χ1) is 17.9. The summed E-state index contributed by atoms with van der Waals surface area (Å²) in [5.41, 5.74) is 3.17. The van der Waals surface area contributed by atoms with E-state index in [2.05, 4.69) is 0 Å². The van der Waals surface area contributed by atoms with Crippen molar-refractivity contribution in [2.75, 3.05) is 20.8 Å². The number of nitrogens with zero attached hydrogens (tertiary/aromatic N) is 2. The van der Waals surface area contributed by atoms with Gasteiger partial charge in [-0.3, -0.25) is 4.79 Å². The summed E-state index contributed by atoms with van der Waals surface area (Å²) >= 11 is 11.8. The third-order valence-electron chi connectivity index (χ3n) is 5.41. The lowest BCUT2D eigenvalue weighted by molar-refractivity contribution is -0.136. The summed E-state index contributed by atoms with van der Waals surface area (Å²) in [7, 11) is 3.12. The molecule has 0 radical (unpaired) electrons. The minimum absolute atomic E-state index is 0.247. The number of rotatable bonds is 9. The average molecular weight is 537 g/mol. The molecule has 0 fully saturated rings. The molecule has 0 saturated heterocycles. The van der Waals surface area contributed by atoms with E-state index in [0.717, 1.165) is 11.3 Å². The number of carbonyl (C=O) groups excluding carboxylic acids is 2. The maximum absolute atomic E-state index is 12.4. The van der Waals surface area contributed by atoms with Gasteiger partial charge in [-0.25, -0.2) is 9.48 Å². The van der Waals surface area contributed by atoms with E-state index in [1.807, 2.05) is 42.5 Å². The molecule has 0 N–H and O–H groups in total. The van der Waals surface area contributed by atoms with Crippen molar-refractivity contribution in [1.29, 1.82) is 0 Å². The Morgan fingerprint density at radius 1 is 0.919 bits per heavy atom. The fourth-order valence-corrected chi connectivity index (χ4v) is 3.82. The number of ketones is 1. The van der Waals surface area contributed by atoms with Crippen LogP contribution in [-0.4, -0.2) is 42.4 Å². The molecular formula is C28H22Cl2N2O5.